The highest BCUT2D eigenvalue weighted by Gasteiger charge is 2.29. The van der Waals surface area contributed by atoms with Gasteiger partial charge in [0.2, 0.25) is 10.0 Å². The van der Waals surface area contributed by atoms with Gasteiger partial charge in [-0.2, -0.15) is 0 Å². The summed E-state index contributed by atoms with van der Waals surface area (Å²) in [7, 11) is -3.42. The Morgan fingerprint density at radius 2 is 1.84 bits per heavy atom. The van der Waals surface area contributed by atoms with Crippen LogP contribution in [0.1, 0.15) is 6.92 Å². The van der Waals surface area contributed by atoms with Crippen molar-refractivity contribution in [3.63, 3.8) is 0 Å². The number of hydrogen-bond donors (Lipinski definition) is 1. The predicted octanol–water partition coefficient (Wildman–Crippen LogP) is 2.72. The number of benzene rings is 2. The summed E-state index contributed by atoms with van der Waals surface area (Å²) in [5, 5.41) is 4.34. The number of rotatable bonds is 5. The molecule has 2 aromatic carbocycles. The van der Waals surface area contributed by atoms with Crippen LogP contribution in [0.2, 0.25) is 0 Å². The highest BCUT2D eigenvalue weighted by atomic mass is 32.2. The first-order chi connectivity index (χ1) is 15.3. The highest BCUT2D eigenvalue weighted by Crippen LogP contribution is 2.37. The number of halogens is 2. The lowest BCUT2D eigenvalue weighted by Crippen LogP contribution is -2.37. The van der Waals surface area contributed by atoms with Gasteiger partial charge >= 0.3 is 0 Å². The Balaban J connectivity index is 1.61. The van der Waals surface area contributed by atoms with Crippen LogP contribution < -0.4 is 10.3 Å². The van der Waals surface area contributed by atoms with Gasteiger partial charge in [-0.25, -0.2) is 26.6 Å². The zero-order valence-corrected chi connectivity index (χ0v) is 17.7. The zero-order chi connectivity index (χ0) is 22.6. The Bertz CT molecular complexity index is 1500. The van der Waals surface area contributed by atoms with E-state index >= 15 is 0 Å². The van der Waals surface area contributed by atoms with Crippen LogP contribution in [0.3, 0.4) is 0 Å². The number of hydrogen-bond acceptors (Lipinski definition) is 5. The van der Waals surface area contributed by atoms with Gasteiger partial charge in [-0.15, -0.1) is 0 Å². The summed E-state index contributed by atoms with van der Waals surface area (Å²) < 4.78 is 63.6. The fourth-order valence-electron chi connectivity index (χ4n) is 4.07. The minimum atomic E-state index is -3.42. The van der Waals surface area contributed by atoms with Crippen molar-refractivity contribution in [1.82, 2.24) is 19.2 Å². The molecule has 4 aromatic rings. The van der Waals surface area contributed by atoms with Gasteiger partial charge in [0.15, 0.2) is 5.58 Å². The van der Waals surface area contributed by atoms with Gasteiger partial charge in [-0.1, -0.05) is 23.4 Å². The van der Waals surface area contributed by atoms with Crippen molar-refractivity contribution in [3.05, 3.63) is 64.6 Å². The van der Waals surface area contributed by atoms with Crippen LogP contribution in [0, 0.1) is 11.6 Å². The first kappa shape index (κ1) is 20.6. The molecule has 0 radical (unpaired) electrons. The number of nitrogens with one attached hydrogen (secondary N) is 1. The fourth-order valence-corrected chi connectivity index (χ4v) is 4.90. The largest absolute Gasteiger partial charge is 0.356 e. The zero-order valence-electron chi connectivity index (χ0n) is 16.9. The maximum Gasteiger partial charge on any atom is 0.276 e. The number of aromatic nitrogens is 3. The topological polar surface area (TPSA) is 99.1 Å². The van der Waals surface area contributed by atoms with E-state index in [2.05, 4.69) is 9.88 Å². The molecule has 1 aliphatic rings. The van der Waals surface area contributed by atoms with Crippen LogP contribution >= 0.6 is 0 Å². The molecule has 0 fully saturated rings. The average molecular weight is 460 g/mol. The second-order valence-electron chi connectivity index (χ2n) is 7.58. The van der Waals surface area contributed by atoms with E-state index in [1.807, 2.05) is 0 Å². The number of nitrogens with zero attached hydrogens (tertiary/aromatic N) is 3. The molecule has 0 saturated carbocycles. The second kappa shape index (κ2) is 7.38. The molecule has 0 bridgehead atoms. The van der Waals surface area contributed by atoms with Gasteiger partial charge < -0.3 is 4.52 Å². The third-order valence-electron chi connectivity index (χ3n) is 5.57. The summed E-state index contributed by atoms with van der Waals surface area (Å²) in [4.78, 5) is 13.1. The summed E-state index contributed by atoms with van der Waals surface area (Å²) in [5.41, 5.74) is 0.238. The standard InChI is InChI=1S/C21H18F2N4O4S/c1-2-32(29,30)25-12-9-26-11-14(21(28)27(26)10-12)20-19-13(5-3-8-17(19)31-24-20)18-15(22)6-4-7-16(18)23/h3-8,11-12,25H,2,9-10H2,1H3/t12-/m1/s1. The Morgan fingerprint density at radius 1 is 1.12 bits per heavy atom. The van der Waals surface area contributed by atoms with Crippen molar-refractivity contribution in [3.8, 4) is 22.4 Å². The van der Waals surface area contributed by atoms with E-state index in [9.17, 15) is 22.0 Å². The molecule has 0 aliphatic carbocycles. The van der Waals surface area contributed by atoms with Crippen LogP contribution in [0.4, 0.5) is 8.78 Å². The SMILES string of the molecule is CCS(=O)(=O)N[C@@H]1Cn2cc(-c3noc4cccc(-c5c(F)cccc5F)c34)c(=O)n2C1. The summed E-state index contributed by atoms with van der Waals surface area (Å²) in [6.07, 6.45) is 1.55. The Morgan fingerprint density at radius 3 is 2.53 bits per heavy atom. The molecule has 5 rings (SSSR count). The van der Waals surface area contributed by atoms with Crippen molar-refractivity contribution in [2.24, 2.45) is 0 Å². The molecule has 8 nitrogen and oxygen atoms in total. The summed E-state index contributed by atoms with van der Waals surface area (Å²) >= 11 is 0. The van der Waals surface area contributed by atoms with Crippen LogP contribution in [0.5, 0.6) is 0 Å². The maximum absolute atomic E-state index is 14.5. The second-order valence-corrected chi connectivity index (χ2v) is 9.62. The van der Waals surface area contributed by atoms with Gasteiger partial charge in [0.1, 0.15) is 17.3 Å². The lowest BCUT2D eigenvalue weighted by atomic mass is 9.98. The van der Waals surface area contributed by atoms with E-state index < -0.39 is 33.3 Å². The van der Waals surface area contributed by atoms with Gasteiger partial charge in [0.05, 0.1) is 41.4 Å². The molecule has 32 heavy (non-hydrogen) atoms. The molecule has 1 aliphatic heterocycles. The Hall–Kier alpha value is -3.31. The van der Waals surface area contributed by atoms with Gasteiger partial charge in [-0.05, 0) is 25.1 Å². The molecule has 1 N–H and O–H groups in total. The van der Waals surface area contributed by atoms with Crippen LogP contribution in [0.25, 0.3) is 33.4 Å². The quantitative estimate of drug-likeness (QED) is 0.494. The Labute approximate surface area is 181 Å². The molecule has 0 amide bonds. The van der Waals surface area contributed by atoms with Crippen LogP contribution in [0.15, 0.2) is 51.9 Å². The third-order valence-corrected chi connectivity index (χ3v) is 7.02. The summed E-state index contributed by atoms with van der Waals surface area (Å²) in [6.45, 7) is 1.95. The molecule has 0 unspecified atom stereocenters. The van der Waals surface area contributed by atoms with Crippen molar-refractivity contribution in [2.75, 3.05) is 5.75 Å². The van der Waals surface area contributed by atoms with Crippen molar-refractivity contribution >= 4 is 21.0 Å². The minimum absolute atomic E-state index is 0.0567. The average Bonchev–Trinajstić information content (AvgIpc) is 3.42. The van der Waals surface area contributed by atoms with Crippen LogP contribution in [-0.4, -0.2) is 34.7 Å². The molecule has 166 valence electrons. The summed E-state index contributed by atoms with van der Waals surface area (Å²) in [6, 6.07) is 7.88. The van der Waals surface area contributed by atoms with E-state index in [4.69, 9.17) is 4.52 Å². The van der Waals surface area contributed by atoms with Crippen LogP contribution in [-0.2, 0) is 23.1 Å². The minimum Gasteiger partial charge on any atom is -0.356 e. The number of fused-ring (bicyclic) bond motifs is 2. The number of sulfonamides is 1. The molecule has 0 saturated heterocycles. The highest BCUT2D eigenvalue weighted by molar-refractivity contribution is 7.89. The van der Waals surface area contributed by atoms with Gasteiger partial charge in [0.25, 0.3) is 5.56 Å². The fraction of sp³-hybridized carbons (Fsp3) is 0.238. The molecular formula is C21H18F2N4O4S. The molecule has 0 spiro atoms. The van der Waals surface area contributed by atoms with Crippen molar-refractivity contribution in [1.29, 1.82) is 0 Å². The normalized spacial score (nSPS) is 16.0. The first-order valence-electron chi connectivity index (χ1n) is 9.92. The third kappa shape index (κ3) is 3.24. The lowest BCUT2D eigenvalue weighted by molar-refractivity contribution is 0.459. The molecule has 2 aromatic heterocycles. The predicted molar refractivity (Wildman–Crippen MR) is 113 cm³/mol. The Kier molecular flexibility index (Phi) is 4.75. The van der Waals surface area contributed by atoms with Crippen molar-refractivity contribution in [2.45, 2.75) is 26.1 Å². The molecular weight excluding hydrogens is 442 g/mol. The van der Waals surface area contributed by atoms with E-state index in [0.29, 0.717) is 5.39 Å². The van der Waals surface area contributed by atoms with E-state index in [1.165, 1.54) is 17.7 Å². The van der Waals surface area contributed by atoms with E-state index in [1.54, 1.807) is 29.1 Å². The maximum atomic E-state index is 14.5. The molecule has 1 atom stereocenters. The molecule has 3 heterocycles. The molecule has 11 heteroatoms. The summed E-state index contributed by atoms with van der Waals surface area (Å²) in [5.74, 6) is -1.54. The first-order valence-corrected chi connectivity index (χ1v) is 11.6. The van der Waals surface area contributed by atoms with Gasteiger partial charge in [0, 0.05) is 11.8 Å². The van der Waals surface area contributed by atoms with E-state index in [-0.39, 0.29) is 46.8 Å². The smallest absolute Gasteiger partial charge is 0.276 e. The van der Waals surface area contributed by atoms with Gasteiger partial charge in [-0.3, -0.25) is 9.48 Å². The van der Waals surface area contributed by atoms with E-state index in [0.717, 1.165) is 12.1 Å². The monoisotopic (exact) mass is 460 g/mol. The lowest BCUT2D eigenvalue weighted by Gasteiger charge is -2.10. The van der Waals surface area contributed by atoms with Crippen molar-refractivity contribution < 1.29 is 21.7 Å².